The molecule has 0 spiro atoms. The Morgan fingerprint density at radius 2 is 0.916 bits per heavy atom. The van der Waals surface area contributed by atoms with Gasteiger partial charge in [0.1, 0.15) is 34.9 Å². The molecule has 426 valence electrons. The van der Waals surface area contributed by atoms with Gasteiger partial charge in [0, 0.05) is 81.2 Å². The summed E-state index contributed by atoms with van der Waals surface area (Å²) in [6.45, 7) is 17.8. The van der Waals surface area contributed by atoms with Crippen molar-refractivity contribution in [1.29, 1.82) is 15.8 Å². The van der Waals surface area contributed by atoms with E-state index in [-0.39, 0.29) is 16.7 Å². The molecule has 83 heavy (non-hydrogen) atoms. The first-order chi connectivity index (χ1) is 40.4. The van der Waals surface area contributed by atoms with E-state index < -0.39 is 17.9 Å². The molecule has 3 aliphatic rings. The number of unbranched alkanes of at least 4 members (excludes halogenated alkanes) is 3. The summed E-state index contributed by atoms with van der Waals surface area (Å²) >= 11 is 0. The second-order valence-electron chi connectivity index (χ2n) is 21.3. The fourth-order valence-corrected chi connectivity index (χ4v) is 10.9. The highest BCUT2D eigenvalue weighted by atomic mass is 16.5. The van der Waals surface area contributed by atoms with Gasteiger partial charge in [-0.15, -0.1) is 0 Å². The lowest BCUT2D eigenvalue weighted by Crippen LogP contribution is -2.16. The predicted molar refractivity (Wildman–Crippen MR) is 324 cm³/mol. The van der Waals surface area contributed by atoms with Crippen molar-refractivity contribution in [3.63, 3.8) is 0 Å². The van der Waals surface area contributed by atoms with Gasteiger partial charge in [-0.05, 0) is 109 Å². The van der Waals surface area contributed by atoms with Gasteiger partial charge in [-0.2, -0.15) is 15.8 Å². The van der Waals surface area contributed by atoms with Gasteiger partial charge in [0.2, 0.25) is 0 Å². The first-order valence-electron chi connectivity index (χ1n) is 29.4. The van der Waals surface area contributed by atoms with Crippen LogP contribution in [0.4, 0.5) is 0 Å². The number of aryl methyl sites for hydroxylation is 2. The van der Waals surface area contributed by atoms with E-state index in [4.69, 9.17) is 14.2 Å². The van der Waals surface area contributed by atoms with Crippen molar-refractivity contribution >= 4 is 34.6 Å². The molecule has 13 nitrogen and oxygen atoms in total. The standard InChI is InChI=1S/2C24H26N2O2.C22H23N3O2/c1-4-6-9-17(5-2)15-28-24(27)21(13-25)23-19-11-8-7-10-18(19)20-12-16(3)26-14-22(20)23;1-4-6-9-17(5-2)15-28-24(27)20(14-25)22-19-11-8-7-10-18(19)21-16(3)12-13-26-23(21)22;1-3-5-7-15(4-2)14-27-22(26)18(12-23)20-17-8-6-10-25-21(17)16-9-11-24-13-19(16)20/h7-8,10-12,14,17H,4-6,9,15H2,1-3H3;7-8,10-13,17H,4-6,9,15H2,1-3H3;6,8-11,13,15H,3-5,7,14H2,1-2H3/b23-21-;22-20-;20-18-. The SMILES string of the molecule is CCCCC(CC)COC(=O)/C(C#N)=C1/c2ccccc2-c2c(C)ccnc21.CCCCC(CC)COC(=O)/C(C#N)=C1/c2ccccc2-c2cc(C)ncc21.CCCCC(CC)COC(=O)/C(C#N)=C1\c2cnccc2-c2ncccc21. The van der Waals surface area contributed by atoms with Crippen molar-refractivity contribution in [1.82, 2.24) is 19.9 Å². The van der Waals surface area contributed by atoms with Gasteiger partial charge in [0.25, 0.3) is 0 Å². The summed E-state index contributed by atoms with van der Waals surface area (Å²) in [7, 11) is 0. The molecule has 0 saturated heterocycles. The molecule has 0 saturated carbocycles. The minimum atomic E-state index is -0.575. The number of nitriles is 3. The molecule has 6 aromatic rings. The summed E-state index contributed by atoms with van der Waals surface area (Å²) in [6, 6.07) is 31.4. The summed E-state index contributed by atoms with van der Waals surface area (Å²) in [5.74, 6) is -0.688. The maximum atomic E-state index is 12.8. The molecule has 3 unspecified atom stereocenters. The number of hydrogen-bond donors (Lipinski definition) is 0. The first kappa shape index (κ1) is 61.8. The van der Waals surface area contributed by atoms with Gasteiger partial charge in [-0.25, -0.2) is 14.4 Å². The first-order valence-corrected chi connectivity index (χ1v) is 29.4. The average Bonchev–Trinajstić information content (AvgIpc) is 2.35. The molecule has 0 fully saturated rings. The Labute approximate surface area is 489 Å². The quantitative estimate of drug-likeness (QED) is 0.0285. The molecule has 9 rings (SSSR count). The lowest BCUT2D eigenvalue weighted by molar-refractivity contribution is -0.140. The number of fused-ring (bicyclic) bond motifs is 9. The fraction of sp³-hybridized carbons (Fsp3) is 0.371. The number of hydrogen-bond acceptors (Lipinski definition) is 13. The van der Waals surface area contributed by atoms with Crippen LogP contribution in [0, 0.1) is 65.6 Å². The average molecular weight is 1110 g/mol. The molecule has 2 aromatic carbocycles. The molecular formula is C70H75N7O6. The van der Waals surface area contributed by atoms with E-state index in [9.17, 15) is 30.2 Å². The Bertz CT molecular complexity index is 3510. The number of pyridine rings is 4. The highest BCUT2D eigenvalue weighted by Gasteiger charge is 2.34. The van der Waals surface area contributed by atoms with Crippen LogP contribution in [0.5, 0.6) is 0 Å². The van der Waals surface area contributed by atoms with Gasteiger partial charge in [-0.3, -0.25) is 19.9 Å². The van der Waals surface area contributed by atoms with Crippen LogP contribution in [0.1, 0.15) is 163 Å². The van der Waals surface area contributed by atoms with Crippen molar-refractivity contribution in [2.24, 2.45) is 17.8 Å². The third-order valence-electron chi connectivity index (χ3n) is 15.8. The number of benzene rings is 2. The minimum Gasteiger partial charge on any atom is -0.461 e. The van der Waals surface area contributed by atoms with Crippen LogP contribution in [-0.2, 0) is 28.6 Å². The van der Waals surface area contributed by atoms with Crippen LogP contribution in [-0.4, -0.2) is 57.7 Å². The summed E-state index contributed by atoms with van der Waals surface area (Å²) in [4.78, 5) is 55.9. The Hall–Kier alpha value is -8.86. The van der Waals surface area contributed by atoms with Gasteiger partial charge < -0.3 is 14.2 Å². The Balaban J connectivity index is 0.000000179. The third kappa shape index (κ3) is 14.3. The Kier molecular flexibility index (Phi) is 22.5. The van der Waals surface area contributed by atoms with E-state index in [0.717, 1.165) is 150 Å². The zero-order valence-electron chi connectivity index (χ0n) is 49.3. The van der Waals surface area contributed by atoms with Gasteiger partial charge in [0.15, 0.2) is 0 Å². The van der Waals surface area contributed by atoms with Crippen molar-refractivity contribution in [2.45, 2.75) is 132 Å². The molecule has 4 heterocycles. The van der Waals surface area contributed by atoms with E-state index in [1.807, 2.05) is 86.6 Å². The molecule has 0 bridgehead atoms. The Morgan fingerprint density at radius 1 is 0.458 bits per heavy atom. The number of nitrogens with zero attached hydrogens (tertiary/aromatic N) is 7. The molecule has 0 aliphatic heterocycles. The zero-order valence-corrected chi connectivity index (χ0v) is 49.3. The second kappa shape index (κ2) is 30.3. The topological polar surface area (TPSA) is 202 Å². The number of ether oxygens (including phenoxy) is 3. The maximum Gasteiger partial charge on any atom is 0.349 e. The number of aromatic nitrogens is 4. The van der Waals surface area contributed by atoms with Crippen LogP contribution >= 0.6 is 0 Å². The van der Waals surface area contributed by atoms with Crippen molar-refractivity contribution < 1.29 is 28.6 Å². The van der Waals surface area contributed by atoms with E-state index in [2.05, 4.69) is 79.7 Å². The molecule has 13 heteroatoms. The summed E-state index contributed by atoms with van der Waals surface area (Å²) in [5.41, 5.74) is 14.3. The van der Waals surface area contributed by atoms with Crippen molar-refractivity contribution in [3.05, 3.63) is 171 Å². The maximum absolute atomic E-state index is 12.8. The molecule has 3 aliphatic carbocycles. The Morgan fingerprint density at radius 3 is 1.43 bits per heavy atom. The van der Waals surface area contributed by atoms with E-state index in [1.165, 1.54) is 0 Å². The number of rotatable bonds is 21. The number of esters is 3. The molecule has 0 amide bonds. The smallest absolute Gasteiger partial charge is 0.349 e. The van der Waals surface area contributed by atoms with Crippen LogP contribution in [0.3, 0.4) is 0 Å². The van der Waals surface area contributed by atoms with E-state index in [1.54, 1.807) is 37.1 Å². The number of carbonyl (C=O) groups excluding carboxylic acids is 3. The molecule has 0 N–H and O–H groups in total. The van der Waals surface area contributed by atoms with Gasteiger partial charge >= 0.3 is 17.9 Å². The van der Waals surface area contributed by atoms with Crippen LogP contribution in [0.15, 0.2) is 127 Å². The normalized spacial score (nSPS) is 14.7. The highest BCUT2D eigenvalue weighted by Crippen LogP contribution is 2.48. The van der Waals surface area contributed by atoms with Crippen molar-refractivity contribution in [3.8, 4) is 51.7 Å². The van der Waals surface area contributed by atoms with E-state index >= 15 is 0 Å². The summed E-state index contributed by atoms with van der Waals surface area (Å²) < 4.78 is 16.7. The van der Waals surface area contributed by atoms with Crippen molar-refractivity contribution in [2.75, 3.05) is 19.8 Å². The summed E-state index contributed by atoms with van der Waals surface area (Å²) in [5, 5.41) is 29.3. The lowest BCUT2D eigenvalue weighted by atomic mass is 9.99. The van der Waals surface area contributed by atoms with Crippen LogP contribution < -0.4 is 0 Å². The number of carbonyl (C=O) groups is 3. The third-order valence-corrected chi connectivity index (χ3v) is 15.8. The fourth-order valence-electron chi connectivity index (χ4n) is 10.9. The van der Waals surface area contributed by atoms with E-state index in [0.29, 0.717) is 60.0 Å². The van der Waals surface area contributed by atoms with Crippen LogP contribution in [0.25, 0.3) is 50.2 Å². The molecule has 3 atom stereocenters. The minimum absolute atomic E-state index is 0.0151. The zero-order chi connectivity index (χ0) is 59.4. The van der Waals surface area contributed by atoms with Gasteiger partial charge in [0.05, 0.1) is 31.2 Å². The molecule has 4 aromatic heterocycles. The predicted octanol–water partition coefficient (Wildman–Crippen LogP) is 15.5. The van der Waals surface area contributed by atoms with Gasteiger partial charge in [-0.1, -0.05) is 154 Å². The summed E-state index contributed by atoms with van der Waals surface area (Å²) in [6.07, 6.45) is 21.2. The second-order valence-corrected chi connectivity index (χ2v) is 21.3. The highest BCUT2D eigenvalue weighted by molar-refractivity contribution is 6.14. The van der Waals surface area contributed by atoms with Crippen LogP contribution in [0.2, 0.25) is 0 Å². The molecule has 0 radical (unpaired) electrons. The largest absolute Gasteiger partial charge is 0.461 e. The lowest BCUT2D eigenvalue weighted by Gasteiger charge is -2.15. The monoisotopic (exact) mass is 1110 g/mol. The molecular weight excluding hydrogens is 1030 g/mol.